The van der Waals surface area contributed by atoms with Gasteiger partial charge in [0.15, 0.2) is 5.78 Å². The normalized spacial score (nSPS) is 10.6. The number of carbonyl (C=O) groups is 1. The Bertz CT molecular complexity index is 565. The molecule has 0 spiro atoms. The summed E-state index contributed by atoms with van der Waals surface area (Å²) in [5.74, 6) is 1.09. The molecule has 0 heterocycles. The molecule has 20 heavy (non-hydrogen) atoms. The number of hydrogen-bond donors (Lipinski definition) is 0. The van der Waals surface area contributed by atoms with Crippen LogP contribution in [0.15, 0.2) is 48.5 Å². The predicted molar refractivity (Wildman–Crippen MR) is 82.2 cm³/mol. The van der Waals surface area contributed by atoms with E-state index in [1.54, 1.807) is 0 Å². The SMILES string of the molecule is CCOc1ccc(-c2ccc(C(=O)C(C)C)cc2)cc1. The quantitative estimate of drug-likeness (QED) is 0.741. The van der Waals surface area contributed by atoms with Gasteiger partial charge in [-0.2, -0.15) is 0 Å². The van der Waals surface area contributed by atoms with Crippen LogP contribution in [0.5, 0.6) is 5.75 Å². The molecule has 0 fully saturated rings. The molecule has 0 atom stereocenters. The van der Waals surface area contributed by atoms with Gasteiger partial charge in [0, 0.05) is 11.5 Å². The van der Waals surface area contributed by atoms with Crippen LogP contribution in [0.25, 0.3) is 11.1 Å². The highest BCUT2D eigenvalue weighted by atomic mass is 16.5. The van der Waals surface area contributed by atoms with Crippen molar-refractivity contribution in [2.45, 2.75) is 20.8 Å². The number of Topliss-reactive ketones (excluding diaryl/α,β-unsaturated/α-hetero) is 1. The minimum Gasteiger partial charge on any atom is -0.494 e. The van der Waals surface area contributed by atoms with E-state index in [2.05, 4.69) is 0 Å². The average Bonchev–Trinajstić information content (AvgIpc) is 2.48. The lowest BCUT2D eigenvalue weighted by Gasteiger charge is -2.07. The van der Waals surface area contributed by atoms with Crippen molar-refractivity contribution in [1.82, 2.24) is 0 Å². The molecule has 0 aliphatic rings. The molecule has 2 nitrogen and oxygen atoms in total. The lowest BCUT2D eigenvalue weighted by molar-refractivity contribution is 0.0939. The Hall–Kier alpha value is -2.09. The van der Waals surface area contributed by atoms with Crippen molar-refractivity contribution >= 4 is 5.78 Å². The van der Waals surface area contributed by atoms with E-state index in [1.807, 2.05) is 69.3 Å². The Morgan fingerprint density at radius 1 is 0.950 bits per heavy atom. The smallest absolute Gasteiger partial charge is 0.165 e. The first kappa shape index (κ1) is 14.3. The van der Waals surface area contributed by atoms with Crippen molar-refractivity contribution in [2.24, 2.45) is 5.92 Å². The summed E-state index contributed by atoms with van der Waals surface area (Å²) < 4.78 is 5.43. The molecule has 2 heteroatoms. The molecule has 0 radical (unpaired) electrons. The fraction of sp³-hybridized carbons (Fsp3) is 0.278. The molecule has 0 saturated carbocycles. The molecule has 2 aromatic rings. The first-order chi connectivity index (χ1) is 9.61. The minimum absolute atomic E-state index is 0.0336. The summed E-state index contributed by atoms with van der Waals surface area (Å²) in [6.45, 7) is 6.48. The maximum absolute atomic E-state index is 11.9. The zero-order valence-corrected chi connectivity index (χ0v) is 12.2. The second kappa shape index (κ2) is 6.38. The molecule has 0 N–H and O–H groups in total. The van der Waals surface area contributed by atoms with Gasteiger partial charge in [-0.15, -0.1) is 0 Å². The van der Waals surface area contributed by atoms with Crippen LogP contribution in [0.2, 0.25) is 0 Å². The van der Waals surface area contributed by atoms with Crippen LogP contribution >= 0.6 is 0 Å². The zero-order chi connectivity index (χ0) is 14.5. The second-order valence-corrected chi connectivity index (χ2v) is 5.05. The molecule has 0 aliphatic heterocycles. The van der Waals surface area contributed by atoms with Crippen LogP contribution in [0.1, 0.15) is 31.1 Å². The number of ether oxygens (including phenoxy) is 1. The first-order valence-corrected chi connectivity index (χ1v) is 6.99. The summed E-state index contributed by atoms with van der Waals surface area (Å²) >= 11 is 0. The largest absolute Gasteiger partial charge is 0.494 e. The fourth-order valence-electron chi connectivity index (χ4n) is 2.07. The Balaban J connectivity index is 2.19. The van der Waals surface area contributed by atoms with Gasteiger partial charge in [0.2, 0.25) is 0 Å². The summed E-state index contributed by atoms with van der Waals surface area (Å²) in [7, 11) is 0. The lowest BCUT2D eigenvalue weighted by atomic mass is 9.98. The molecule has 2 aromatic carbocycles. The minimum atomic E-state index is 0.0336. The molecular weight excluding hydrogens is 248 g/mol. The first-order valence-electron chi connectivity index (χ1n) is 6.99. The van der Waals surface area contributed by atoms with Gasteiger partial charge in [-0.25, -0.2) is 0 Å². The monoisotopic (exact) mass is 268 g/mol. The maximum atomic E-state index is 11.9. The van der Waals surface area contributed by atoms with Crippen molar-refractivity contribution in [1.29, 1.82) is 0 Å². The van der Waals surface area contributed by atoms with Gasteiger partial charge in [0.05, 0.1) is 6.61 Å². The molecule has 0 bridgehead atoms. The van der Waals surface area contributed by atoms with Gasteiger partial charge in [-0.3, -0.25) is 4.79 Å². The van der Waals surface area contributed by atoms with Crippen molar-refractivity contribution in [3.8, 4) is 16.9 Å². The summed E-state index contributed by atoms with van der Waals surface area (Å²) in [4.78, 5) is 11.9. The van der Waals surface area contributed by atoms with Crippen LogP contribution in [-0.2, 0) is 0 Å². The Morgan fingerprint density at radius 2 is 1.45 bits per heavy atom. The molecule has 2 rings (SSSR count). The van der Waals surface area contributed by atoms with Gasteiger partial charge in [-0.1, -0.05) is 50.2 Å². The highest BCUT2D eigenvalue weighted by molar-refractivity contribution is 5.97. The number of ketones is 1. The van der Waals surface area contributed by atoms with Crippen molar-refractivity contribution in [2.75, 3.05) is 6.61 Å². The third kappa shape index (κ3) is 3.27. The Morgan fingerprint density at radius 3 is 1.90 bits per heavy atom. The zero-order valence-electron chi connectivity index (χ0n) is 12.2. The van der Waals surface area contributed by atoms with E-state index in [0.29, 0.717) is 6.61 Å². The molecule has 104 valence electrons. The van der Waals surface area contributed by atoms with Gasteiger partial charge in [-0.05, 0) is 30.2 Å². The summed E-state index contributed by atoms with van der Waals surface area (Å²) in [5.41, 5.74) is 3.00. The van der Waals surface area contributed by atoms with E-state index in [4.69, 9.17) is 4.74 Å². The highest BCUT2D eigenvalue weighted by Gasteiger charge is 2.10. The molecule has 0 aromatic heterocycles. The van der Waals surface area contributed by atoms with E-state index in [-0.39, 0.29) is 11.7 Å². The Labute approximate surface area is 120 Å². The molecule has 0 aliphatic carbocycles. The third-order valence-electron chi connectivity index (χ3n) is 3.19. The van der Waals surface area contributed by atoms with Crippen molar-refractivity contribution in [3.63, 3.8) is 0 Å². The van der Waals surface area contributed by atoms with Crippen molar-refractivity contribution < 1.29 is 9.53 Å². The molecule has 0 saturated heterocycles. The van der Waals surface area contributed by atoms with Gasteiger partial charge in [0.25, 0.3) is 0 Å². The summed E-state index contributed by atoms with van der Waals surface area (Å²) in [6.07, 6.45) is 0. The van der Waals surface area contributed by atoms with E-state index in [1.165, 1.54) is 0 Å². The highest BCUT2D eigenvalue weighted by Crippen LogP contribution is 2.23. The summed E-state index contributed by atoms with van der Waals surface area (Å²) in [5, 5.41) is 0. The lowest BCUT2D eigenvalue weighted by Crippen LogP contribution is -2.06. The van der Waals surface area contributed by atoms with Crippen LogP contribution in [0, 0.1) is 5.92 Å². The predicted octanol–water partition coefficient (Wildman–Crippen LogP) is 4.59. The fourth-order valence-corrected chi connectivity index (χ4v) is 2.07. The van der Waals surface area contributed by atoms with Crippen LogP contribution < -0.4 is 4.74 Å². The van der Waals surface area contributed by atoms with E-state index < -0.39 is 0 Å². The standard InChI is InChI=1S/C18H20O2/c1-4-20-17-11-9-15(10-12-17)14-5-7-16(8-6-14)18(19)13(2)3/h5-13H,4H2,1-3H3. The van der Waals surface area contributed by atoms with Gasteiger partial charge >= 0.3 is 0 Å². The van der Waals surface area contributed by atoms with Crippen LogP contribution in [0.3, 0.4) is 0 Å². The van der Waals surface area contributed by atoms with Gasteiger partial charge in [0.1, 0.15) is 5.75 Å². The average molecular weight is 268 g/mol. The molecule has 0 amide bonds. The van der Waals surface area contributed by atoms with E-state index >= 15 is 0 Å². The third-order valence-corrected chi connectivity index (χ3v) is 3.19. The topological polar surface area (TPSA) is 26.3 Å². The van der Waals surface area contributed by atoms with Crippen LogP contribution in [-0.4, -0.2) is 12.4 Å². The van der Waals surface area contributed by atoms with Crippen LogP contribution in [0.4, 0.5) is 0 Å². The maximum Gasteiger partial charge on any atom is 0.165 e. The van der Waals surface area contributed by atoms with E-state index in [9.17, 15) is 4.79 Å². The second-order valence-electron chi connectivity index (χ2n) is 5.05. The summed E-state index contributed by atoms with van der Waals surface area (Å²) in [6, 6.07) is 15.8. The van der Waals surface area contributed by atoms with Crippen molar-refractivity contribution in [3.05, 3.63) is 54.1 Å². The number of carbonyl (C=O) groups excluding carboxylic acids is 1. The number of hydrogen-bond acceptors (Lipinski definition) is 2. The number of rotatable bonds is 5. The van der Waals surface area contributed by atoms with Gasteiger partial charge < -0.3 is 4.74 Å². The molecule has 0 unspecified atom stereocenters. The number of benzene rings is 2. The Kier molecular flexibility index (Phi) is 4.57. The molecular formula is C18H20O2. The van der Waals surface area contributed by atoms with E-state index in [0.717, 1.165) is 22.4 Å².